The smallest absolute Gasteiger partial charge is 0.380 e. The average molecular weight is 224 g/mol. The van der Waals surface area contributed by atoms with E-state index in [1.165, 1.54) is 0 Å². The predicted octanol–water partition coefficient (Wildman–Crippen LogP) is 2.83. The van der Waals surface area contributed by atoms with Gasteiger partial charge in [-0.2, -0.15) is 0 Å². The van der Waals surface area contributed by atoms with Crippen molar-refractivity contribution >= 4 is 7.60 Å². The Morgan fingerprint density at radius 2 is 2.13 bits per heavy atom. The maximum absolute atomic E-state index is 11.8. The summed E-state index contributed by atoms with van der Waals surface area (Å²) in [4.78, 5) is 9.69. The van der Waals surface area contributed by atoms with Gasteiger partial charge in [-0.25, -0.2) is 4.57 Å². The Labute approximate surface area is 88.9 Å². The molecule has 0 radical (unpaired) electrons. The summed E-state index contributed by atoms with van der Waals surface area (Å²) in [6.07, 6.45) is 2.41. The van der Waals surface area contributed by atoms with Crippen LogP contribution in [-0.2, 0) is 4.57 Å². The first kappa shape index (κ1) is 10.5. The number of allylic oxidation sites excluding steroid dienone is 1. The molecule has 1 saturated carbocycles. The Morgan fingerprint density at radius 1 is 1.47 bits per heavy atom. The average Bonchev–Trinajstić information content (AvgIpc) is 2.98. The van der Waals surface area contributed by atoms with Crippen molar-refractivity contribution in [2.24, 2.45) is 5.92 Å². The first-order chi connectivity index (χ1) is 7.13. The van der Waals surface area contributed by atoms with Crippen LogP contribution in [0.5, 0.6) is 5.75 Å². The van der Waals surface area contributed by atoms with Gasteiger partial charge in [0.25, 0.3) is 0 Å². The van der Waals surface area contributed by atoms with Crippen LogP contribution >= 0.6 is 7.60 Å². The molecule has 80 valence electrons. The van der Waals surface area contributed by atoms with Crippen LogP contribution in [0.4, 0.5) is 0 Å². The van der Waals surface area contributed by atoms with Gasteiger partial charge in [0, 0.05) is 0 Å². The summed E-state index contributed by atoms with van der Waals surface area (Å²) in [7, 11) is -3.52. The molecule has 0 saturated heterocycles. The van der Waals surface area contributed by atoms with Crippen LogP contribution in [0.2, 0.25) is 0 Å². The van der Waals surface area contributed by atoms with E-state index in [0.29, 0.717) is 12.2 Å². The van der Waals surface area contributed by atoms with E-state index in [1.807, 2.05) is 6.07 Å². The topological polar surface area (TPSA) is 46.5 Å². The lowest BCUT2D eigenvalue weighted by molar-refractivity contribution is 0.376. The van der Waals surface area contributed by atoms with Crippen molar-refractivity contribution in [2.45, 2.75) is 12.1 Å². The lowest BCUT2D eigenvalue weighted by Crippen LogP contribution is -1.98. The maximum Gasteiger partial charge on any atom is 0.380 e. The molecular weight excluding hydrogens is 211 g/mol. The third-order valence-corrected chi connectivity index (χ3v) is 4.41. The van der Waals surface area contributed by atoms with Crippen LogP contribution < -0.4 is 4.52 Å². The van der Waals surface area contributed by atoms with Crippen LogP contribution in [0.15, 0.2) is 43.0 Å². The van der Waals surface area contributed by atoms with Gasteiger partial charge in [0.05, 0.1) is 5.66 Å². The predicted molar refractivity (Wildman–Crippen MR) is 59.0 cm³/mol. The second-order valence-corrected chi connectivity index (χ2v) is 5.65. The molecule has 0 aromatic heterocycles. The van der Waals surface area contributed by atoms with E-state index >= 15 is 0 Å². The molecule has 1 aliphatic rings. The molecule has 0 aliphatic heterocycles. The van der Waals surface area contributed by atoms with Crippen molar-refractivity contribution in [3.63, 3.8) is 0 Å². The summed E-state index contributed by atoms with van der Waals surface area (Å²) < 4.78 is 16.9. The van der Waals surface area contributed by atoms with Crippen molar-refractivity contribution in [1.29, 1.82) is 0 Å². The van der Waals surface area contributed by atoms with Gasteiger partial charge in [0.15, 0.2) is 0 Å². The molecule has 1 aromatic carbocycles. The lowest BCUT2D eigenvalue weighted by atomic mass is 10.3. The van der Waals surface area contributed by atoms with E-state index in [-0.39, 0.29) is 11.6 Å². The Hall–Kier alpha value is -1.05. The maximum atomic E-state index is 11.8. The van der Waals surface area contributed by atoms with E-state index in [0.717, 1.165) is 0 Å². The fourth-order valence-corrected chi connectivity index (χ4v) is 3.20. The van der Waals surface area contributed by atoms with Gasteiger partial charge in [0.2, 0.25) is 0 Å². The second-order valence-electron chi connectivity index (χ2n) is 3.67. The Bertz CT molecular complexity index is 402. The van der Waals surface area contributed by atoms with Gasteiger partial charge in [-0.05, 0) is 24.5 Å². The number of para-hydroxylation sites is 1. The van der Waals surface area contributed by atoms with Crippen LogP contribution in [0.25, 0.3) is 0 Å². The molecule has 3 atom stereocenters. The molecule has 1 aliphatic carbocycles. The molecule has 0 amide bonds. The Balaban J connectivity index is 2.06. The molecular formula is C11H13O3P. The molecule has 0 bridgehead atoms. The molecule has 0 spiro atoms. The first-order valence-electron chi connectivity index (χ1n) is 4.83. The Morgan fingerprint density at radius 3 is 2.67 bits per heavy atom. The minimum absolute atomic E-state index is 0.129. The molecule has 1 aromatic rings. The van der Waals surface area contributed by atoms with E-state index in [2.05, 4.69) is 6.58 Å². The monoisotopic (exact) mass is 224 g/mol. The first-order valence-corrected chi connectivity index (χ1v) is 6.48. The van der Waals surface area contributed by atoms with Crippen LogP contribution in [0, 0.1) is 5.92 Å². The highest BCUT2D eigenvalue weighted by molar-refractivity contribution is 7.54. The zero-order chi connectivity index (χ0) is 10.9. The fourth-order valence-electron chi connectivity index (χ4n) is 1.53. The molecule has 15 heavy (non-hydrogen) atoms. The highest BCUT2D eigenvalue weighted by atomic mass is 31.2. The summed E-state index contributed by atoms with van der Waals surface area (Å²) in [6.45, 7) is 3.61. The van der Waals surface area contributed by atoms with Crippen molar-refractivity contribution in [1.82, 2.24) is 0 Å². The van der Waals surface area contributed by atoms with Crippen LogP contribution in [-0.4, -0.2) is 10.6 Å². The van der Waals surface area contributed by atoms with E-state index in [9.17, 15) is 9.46 Å². The zero-order valence-corrected chi connectivity index (χ0v) is 9.14. The molecule has 3 nitrogen and oxygen atoms in total. The Kier molecular flexibility index (Phi) is 2.68. The van der Waals surface area contributed by atoms with E-state index < -0.39 is 7.60 Å². The lowest BCUT2D eigenvalue weighted by Gasteiger charge is -2.12. The third kappa shape index (κ3) is 2.31. The molecule has 2 rings (SSSR count). The van der Waals surface area contributed by atoms with E-state index in [1.54, 1.807) is 30.3 Å². The minimum atomic E-state index is -3.52. The highest BCUT2D eigenvalue weighted by Gasteiger charge is 2.50. The summed E-state index contributed by atoms with van der Waals surface area (Å²) in [5.41, 5.74) is -0.268. The molecule has 0 heterocycles. The van der Waals surface area contributed by atoms with E-state index in [4.69, 9.17) is 4.52 Å². The minimum Gasteiger partial charge on any atom is -0.424 e. The third-order valence-electron chi connectivity index (χ3n) is 2.51. The number of benzene rings is 1. The van der Waals surface area contributed by atoms with Gasteiger partial charge in [-0.1, -0.05) is 24.3 Å². The summed E-state index contributed by atoms with van der Waals surface area (Å²) >= 11 is 0. The van der Waals surface area contributed by atoms with Gasteiger partial charge < -0.3 is 9.42 Å². The van der Waals surface area contributed by atoms with Crippen molar-refractivity contribution in [3.05, 3.63) is 43.0 Å². The molecule has 1 fully saturated rings. The van der Waals surface area contributed by atoms with Crippen molar-refractivity contribution in [3.8, 4) is 5.75 Å². The summed E-state index contributed by atoms with van der Waals surface area (Å²) in [5, 5.41) is 0. The standard InChI is InChI=1S/C11H13O3P/c1-2-9-8-11(9)15(12,13)14-10-6-4-3-5-7-10/h2-7,9,11H,1,8H2,(H,12,13)/t9-,11+/m1/s1. The van der Waals surface area contributed by atoms with Crippen LogP contribution in [0.3, 0.4) is 0 Å². The fraction of sp³-hybridized carbons (Fsp3) is 0.273. The van der Waals surface area contributed by atoms with Gasteiger partial charge in [0.1, 0.15) is 5.75 Å². The molecule has 1 unspecified atom stereocenters. The summed E-state index contributed by atoms with van der Waals surface area (Å²) in [6, 6.07) is 8.72. The quantitative estimate of drug-likeness (QED) is 0.631. The normalized spacial score (nSPS) is 27.8. The second kappa shape index (κ2) is 3.84. The largest absolute Gasteiger partial charge is 0.424 e. The van der Waals surface area contributed by atoms with Crippen molar-refractivity contribution < 1.29 is 14.0 Å². The molecule has 1 N–H and O–H groups in total. The molecule has 4 heteroatoms. The van der Waals surface area contributed by atoms with Gasteiger partial charge in [-0.15, -0.1) is 6.58 Å². The SMILES string of the molecule is C=C[C@@H]1C[C@@H]1P(=O)(O)Oc1ccccc1. The zero-order valence-electron chi connectivity index (χ0n) is 8.24. The highest BCUT2D eigenvalue weighted by Crippen LogP contribution is 2.61. The van der Waals surface area contributed by atoms with Gasteiger partial charge in [-0.3, -0.25) is 0 Å². The summed E-state index contributed by atoms with van der Waals surface area (Å²) in [5.74, 6) is 0.572. The number of hydrogen-bond donors (Lipinski definition) is 1. The number of hydrogen-bond acceptors (Lipinski definition) is 2. The van der Waals surface area contributed by atoms with Crippen molar-refractivity contribution in [2.75, 3.05) is 0 Å². The van der Waals surface area contributed by atoms with Crippen LogP contribution in [0.1, 0.15) is 6.42 Å². The number of rotatable bonds is 4. The van der Waals surface area contributed by atoms with Gasteiger partial charge >= 0.3 is 7.60 Å².